The molecule has 0 aliphatic heterocycles. The lowest BCUT2D eigenvalue weighted by Crippen LogP contribution is -1.89. The Morgan fingerprint density at radius 2 is 1.77 bits per heavy atom. The smallest absolute Gasteiger partial charge is 0.328 e. The minimum Gasteiger partial charge on any atom is -0.497 e. The van der Waals surface area contributed by atoms with Gasteiger partial charge in [-0.25, -0.2) is 9.18 Å². The molecule has 3 aromatic carbocycles. The fourth-order valence-corrected chi connectivity index (χ4v) is 4.52. The Hall–Kier alpha value is -3.64. The minimum atomic E-state index is -1.00. The summed E-state index contributed by atoms with van der Waals surface area (Å²) in [5, 5.41) is 9.70. The van der Waals surface area contributed by atoms with Gasteiger partial charge in [-0.3, -0.25) is 0 Å². The maximum atomic E-state index is 13.7. The second-order valence-electron chi connectivity index (χ2n) is 6.92. The molecule has 0 bridgehead atoms. The van der Waals surface area contributed by atoms with Gasteiger partial charge in [0.1, 0.15) is 17.3 Å². The molecule has 0 radical (unpaired) electrons. The zero-order chi connectivity index (χ0) is 22.0. The maximum Gasteiger partial charge on any atom is 0.328 e. The molecule has 0 atom stereocenters. The van der Waals surface area contributed by atoms with Crippen LogP contribution in [0, 0.1) is 12.7 Å². The van der Waals surface area contributed by atoms with E-state index in [-0.39, 0.29) is 5.82 Å². The van der Waals surface area contributed by atoms with Crippen molar-refractivity contribution < 1.29 is 23.8 Å². The Morgan fingerprint density at radius 3 is 2.45 bits per heavy atom. The fraction of sp³-hybridized carbons (Fsp3) is 0.0800. The molecule has 0 aliphatic carbocycles. The number of fused-ring (bicyclic) bond motifs is 1. The summed E-state index contributed by atoms with van der Waals surface area (Å²) in [4.78, 5) is 11.6. The van der Waals surface area contributed by atoms with E-state index in [4.69, 9.17) is 14.6 Å². The number of carbonyl (C=O) groups is 1. The summed E-state index contributed by atoms with van der Waals surface area (Å²) in [7, 11) is 1.62. The van der Waals surface area contributed by atoms with Crippen molar-refractivity contribution in [2.24, 2.45) is 0 Å². The largest absolute Gasteiger partial charge is 0.497 e. The number of hydrogen-bond acceptors (Lipinski definition) is 4. The number of carboxylic acid groups (broad SMARTS) is 1. The molecule has 4 aromatic rings. The molecular formula is C25H19FO4S. The first kappa shape index (κ1) is 20.6. The number of carboxylic acids is 1. The molecule has 4 nitrogen and oxygen atoms in total. The van der Waals surface area contributed by atoms with E-state index in [9.17, 15) is 9.18 Å². The first-order valence-corrected chi connectivity index (χ1v) is 10.3. The molecule has 4 rings (SSSR count). The highest BCUT2D eigenvalue weighted by Crippen LogP contribution is 2.48. The van der Waals surface area contributed by atoms with Crippen LogP contribution in [-0.4, -0.2) is 18.2 Å². The van der Waals surface area contributed by atoms with Gasteiger partial charge >= 0.3 is 5.97 Å². The van der Waals surface area contributed by atoms with Gasteiger partial charge in [-0.2, -0.15) is 0 Å². The molecule has 0 spiro atoms. The number of ether oxygens (including phenoxy) is 2. The summed E-state index contributed by atoms with van der Waals surface area (Å²) in [5.74, 6) is 0.767. The number of hydrogen-bond donors (Lipinski definition) is 1. The molecule has 0 amide bonds. The van der Waals surface area contributed by atoms with Crippen LogP contribution >= 0.6 is 11.3 Å². The van der Waals surface area contributed by atoms with Gasteiger partial charge in [0.25, 0.3) is 0 Å². The predicted molar refractivity (Wildman–Crippen MR) is 122 cm³/mol. The fourth-order valence-electron chi connectivity index (χ4n) is 3.27. The standard InChI is InChI=1S/C25H19FO4S/c1-15-13-17(26)6-10-20(15)25-24(21-11-9-19(29-2)14-22(21)31-25)30-18-7-3-16(4-8-18)5-12-23(27)28/h3-14H,1-2H3,(H,27,28). The van der Waals surface area contributed by atoms with Gasteiger partial charge < -0.3 is 14.6 Å². The zero-order valence-corrected chi connectivity index (χ0v) is 17.7. The lowest BCUT2D eigenvalue weighted by molar-refractivity contribution is -0.131. The average molecular weight is 434 g/mol. The number of thiophene rings is 1. The summed E-state index contributed by atoms with van der Waals surface area (Å²) in [6.45, 7) is 1.87. The molecule has 1 N–H and O–H groups in total. The molecule has 0 fully saturated rings. The van der Waals surface area contributed by atoms with Crippen LogP contribution in [0.5, 0.6) is 17.2 Å². The van der Waals surface area contributed by atoms with E-state index in [1.165, 1.54) is 18.2 Å². The Morgan fingerprint density at radius 1 is 1.03 bits per heavy atom. The summed E-state index contributed by atoms with van der Waals surface area (Å²) in [6, 6.07) is 17.6. The van der Waals surface area contributed by atoms with Crippen LogP contribution < -0.4 is 9.47 Å². The van der Waals surface area contributed by atoms with E-state index in [0.29, 0.717) is 11.5 Å². The lowest BCUT2D eigenvalue weighted by atomic mass is 10.1. The zero-order valence-electron chi connectivity index (χ0n) is 16.9. The Balaban J connectivity index is 1.79. The van der Waals surface area contributed by atoms with Gasteiger partial charge in [-0.1, -0.05) is 18.2 Å². The topological polar surface area (TPSA) is 55.8 Å². The number of halogens is 1. The van der Waals surface area contributed by atoms with Crippen molar-refractivity contribution in [3.05, 3.63) is 83.7 Å². The van der Waals surface area contributed by atoms with E-state index < -0.39 is 5.97 Å². The van der Waals surface area contributed by atoms with Crippen molar-refractivity contribution in [2.45, 2.75) is 6.92 Å². The highest BCUT2D eigenvalue weighted by Gasteiger charge is 2.18. The van der Waals surface area contributed by atoms with E-state index in [1.807, 2.05) is 25.1 Å². The Labute approximate surface area is 182 Å². The predicted octanol–water partition coefficient (Wildman–Crippen LogP) is 6.91. The highest BCUT2D eigenvalue weighted by molar-refractivity contribution is 7.22. The van der Waals surface area contributed by atoms with Gasteiger partial charge in [0.05, 0.1) is 12.0 Å². The molecule has 0 saturated heterocycles. The number of methoxy groups -OCH3 is 1. The van der Waals surface area contributed by atoms with Crippen LogP contribution in [0.1, 0.15) is 11.1 Å². The lowest BCUT2D eigenvalue weighted by Gasteiger charge is -2.10. The van der Waals surface area contributed by atoms with Crippen molar-refractivity contribution in [1.29, 1.82) is 0 Å². The van der Waals surface area contributed by atoms with Gasteiger partial charge in [0.2, 0.25) is 0 Å². The van der Waals surface area contributed by atoms with E-state index >= 15 is 0 Å². The van der Waals surface area contributed by atoms with Crippen LogP contribution in [0.3, 0.4) is 0 Å². The normalized spacial score (nSPS) is 11.2. The third-order valence-electron chi connectivity index (χ3n) is 4.80. The highest BCUT2D eigenvalue weighted by atomic mass is 32.1. The van der Waals surface area contributed by atoms with Gasteiger partial charge in [0.15, 0.2) is 5.75 Å². The molecule has 1 heterocycles. The molecule has 31 heavy (non-hydrogen) atoms. The van der Waals surface area contributed by atoms with Crippen LogP contribution in [-0.2, 0) is 4.79 Å². The van der Waals surface area contributed by atoms with Crippen LogP contribution in [0.25, 0.3) is 26.6 Å². The molecule has 0 saturated carbocycles. The van der Waals surface area contributed by atoms with Crippen molar-refractivity contribution >= 4 is 33.5 Å². The molecule has 6 heteroatoms. The second kappa shape index (κ2) is 8.62. The summed E-state index contributed by atoms with van der Waals surface area (Å²) in [5.41, 5.74) is 2.47. The average Bonchev–Trinajstić information content (AvgIpc) is 3.10. The number of aryl methyl sites for hydroxylation is 1. The Bertz CT molecular complexity index is 1290. The SMILES string of the molecule is COc1ccc2c(Oc3ccc(C=CC(=O)O)cc3)c(-c3ccc(F)cc3C)sc2c1. The summed E-state index contributed by atoms with van der Waals surface area (Å²) in [6.07, 6.45) is 2.61. The van der Waals surface area contributed by atoms with E-state index in [0.717, 1.165) is 43.5 Å². The van der Waals surface area contributed by atoms with Crippen LogP contribution in [0.2, 0.25) is 0 Å². The third kappa shape index (κ3) is 4.44. The number of rotatable bonds is 6. The quantitative estimate of drug-likeness (QED) is 0.335. The van der Waals surface area contributed by atoms with Crippen LogP contribution in [0.15, 0.2) is 66.7 Å². The molecular weight excluding hydrogens is 415 g/mol. The van der Waals surface area contributed by atoms with Crippen molar-refractivity contribution in [2.75, 3.05) is 7.11 Å². The first-order valence-electron chi connectivity index (χ1n) is 9.50. The van der Waals surface area contributed by atoms with Crippen molar-refractivity contribution in [3.8, 4) is 27.7 Å². The maximum absolute atomic E-state index is 13.7. The number of aliphatic carboxylic acids is 1. The Kier molecular flexibility index (Phi) is 5.73. The minimum absolute atomic E-state index is 0.281. The van der Waals surface area contributed by atoms with Crippen molar-refractivity contribution in [3.63, 3.8) is 0 Å². The van der Waals surface area contributed by atoms with Gasteiger partial charge in [-0.05, 0) is 72.2 Å². The monoisotopic (exact) mass is 434 g/mol. The third-order valence-corrected chi connectivity index (χ3v) is 5.97. The molecule has 1 aromatic heterocycles. The molecule has 0 aliphatic rings. The number of benzene rings is 3. The van der Waals surface area contributed by atoms with E-state index in [1.54, 1.807) is 48.8 Å². The van der Waals surface area contributed by atoms with Crippen LogP contribution in [0.4, 0.5) is 4.39 Å². The van der Waals surface area contributed by atoms with E-state index in [2.05, 4.69) is 0 Å². The summed E-state index contributed by atoms with van der Waals surface area (Å²) >= 11 is 1.56. The van der Waals surface area contributed by atoms with Gasteiger partial charge in [0, 0.05) is 16.2 Å². The molecule has 0 unspecified atom stereocenters. The first-order chi connectivity index (χ1) is 14.9. The molecule has 156 valence electrons. The van der Waals surface area contributed by atoms with Crippen molar-refractivity contribution in [1.82, 2.24) is 0 Å². The summed E-state index contributed by atoms with van der Waals surface area (Å²) < 4.78 is 26.3. The van der Waals surface area contributed by atoms with Gasteiger partial charge in [-0.15, -0.1) is 11.3 Å². The second-order valence-corrected chi connectivity index (χ2v) is 7.98.